The minimum Gasteiger partial charge on any atom is -0.480 e. The lowest BCUT2D eigenvalue weighted by molar-refractivity contribution is -0.141. The minimum absolute atomic E-state index is 0.441. The van der Waals surface area contributed by atoms with Gasteiger partial charge in [0.1, 0.15) is 5.41 Å². The lowest BCUT2D eigenvalue weighted by atomic mass is 9.76. The first-order chi connectivity index (χ1) is 8.71. The van der Waals surface area contributed by atoms with Gasteiger partial charge in [-0.2, -0.15) is 0 Å². The second-order valence-electron chi connectivity index (χ2n) is 4.15. The molecule has 0 aliphatic carbocycles. The van der Waals surface area contributed by atoms with E-state index in [1.54, 1.807) is 0 Å². The van der Waals surface area contributed by atoms with Crippen molar-refractivity contribution in [3.8, 4) is 0 Å². The number of rotatable bonds is 4. The summed E-state index contributed by atoms with van der Waals surface area (Å²) in [7, 11) is 2.56. The van der Waals surface area contributed by atoms with E-state index in [2.05, 4.69) is 9.24 Å². The third kappa shape index (κ3) is 2.04. The number of carbonyl (C=O) groups is 1. The molecular formula is C15H15O2P. The van der Waals surface area contributed by atoms with Crippen molar-refractivity contribution < 1.29 is 9.90 Å². The lowest BCUT2D eigenvalue weighted by Crippen LogP contribution is -2.38. The van der Waals surface area contributed by atoms with E-state index in [4.69, 9.17) is 0 Å². The van der Waals surface area contributed by atoms with Crippen molar-refractivity contribution in [2.75, 3.05) is 6.16 Å². The van der Waals surface area contributed by atoms with Gasteiger partial charge < -0.3 is 5.11 Å². The summed E-state index contributed by atoms with van der Waals surface area (Å²) in [5.74, 6) is -0.824. The molecule has 0 aliphatic rings. The van der Waals surface area contributed by atoms with E-state index in [-0.39, 0.29) is 0 Å². The van der Waals surface area contributed by atoms with Gasteiger partial charge in [0.05, 0.1) is 0 Å². The zero-order valence-electron chi connectivity index (χ0n) is 9.91. The molecule has 0 saturated heterocycles. The van der Waals surface area contributed by atoms with Crippen LogP contribution in [0.4, 0.5) is 0 Å². The predicted molar refractivity (Wildman–Crippen MR) is 75.9 cm³/mol. The summed E-state index contributed by atoms with van der Waals surface area (Å²) in [4.78, 5) is 11.8. The van der Waals surface area contributed by atoms with Crippen LogP contribution in [-0.4, -0.2) is 17.2 Å². The Morgan fingerprint density at radius 1 is 0.944 bits per heavy atom. The molecule has 18 heavy (non-hydrogen) atoms. The molecule has 0 aliphatic heterocycles. The fourth-order valence-corrected chi connectivity index (χ4v) is 2.83. The molecule has 3 heteroatoms. The molecule has 2 aromatic carbocycles. The van der Waals surface area contributed by atoms with E-state index < -0.39 is 11.4 Å². The molecule has 0 amide bonds. The minimum atomic E-state index is -0.993. The molecule has 2 aromatic rings. The van der Waals surface area contributed by atoms with Gasteiger partial charge in [0, 0.05) is 0 Å². The van der Waals surface area contributed by atoms with Gasteiger partial charge in [0.2, 0.25) is 0 Å². The second-order valence-corrected chi connectivity index (χ2v) is 4.55. The molecule has 2 nitrogen and oxygen atoms in total. The molecule has 1 atom stereocenters. The number of aliphatic carboxylic acids is 1. The van der Waals surface area contributed by atoms with Crippen molar-refractivity contribution in [2.45, 2.75) is 5.41 Å². The number of hydrogen-bond acceptors (Lipinski definition) is 1. The summed E-state index contributed by atoms with van der Waals surface area (Å²) in [6.07, 6.45) is 0.441. The van der Waals surface area contributed by atoms with Crippen LogP contribution in [0.3, 0.4) is 0 Å². The summed E-state index contributed by atoms with van der Waals surface area (Å²) < 4.78 is 0. The summed E-state index contributed by atoms with van der Waals surface area (Å²) in [6.45, 7) is 0. The Labute approximate surface area is 109 Å². The van der Waals surface area contributed by atoms with Crippen LogP contribution < -0.4 is 0 Å². The van der Waals surface area contributed by atoms with Crippen LogP contribution >= 0.6 is 9.24 Å². The Morgan fingerprint density at radius 2 is 1.33 bits per heavy atom. The fraction of sp³-hybridized carbons (Fsp3) is 0.133. The zero-order chi connectivity index (χ0) is 13.0. The van der Waals surface area contributed by atoms with Crippen molar-refractivity contribution in [1.82, 2.24) is 0 Å². The van der Waals surface area contributed by atoms with E-state index in [9.17, 15) is 9.90 Å². The van der Waals surface area contributed by atoms with Crippen molar-refractivity contribution in [3.05, 3.63) is 71.8 Å². The van der Waals surface area contributed by atoms with E-state index in [1.165, 1.54) is 0 Å². The van der Waals surface area contributed by atoms with Gasteiger partial charge in [-0.1, -0.05) is 60.7 Å². The zero-order valence-corrected chi connectivity index (χ0v) is 11.1. The number of carboxylic acids is 1. The van der Waals surface area contributed by atoms with Crippen LogP contribution in [-0.2, 0) is 10.2 Å². The van der Waals surface area contributed by atoms with Gasteiger partial charge in [0.25, 0.3) is 0 Å². The molecule has 1 unspecified atom stereocenters. The van der Waals surface area contributed by atoms with Crippen LogP contribution in [0.2, 0.25) is 0 Å². The Kier molecular flexibility index (Phi) is 3.78. The number of benzene rings is 2. The van der Waals surface area contributed by atoms with Crippen LogP contribution in [0, 0.1) is 0 Å². The highest BCUT2D eigenvalue weighted by molar-refractivity contribution is 7.16. The third-order valence-corrected chi connectivity index (χ3v) is 3.82. The van der Waals surface area contributed by atoms with Crippen molar-refractivity contribution >= 4 is 15.2 Å². The molecule has 0 saturated carbocycles. The predicted octanol–water partition coefficient (Wildman–Crippen LogP) is 2.93. The highest BCUT2D eigenvalue weighted by atomic mass is 31.0. The van der Waals surface area contributed by atoms with Crippen molar-refractivity contribution in [1.29, 1.82) is 0 Å². The van der Waals surface area contributed by atoms with E-state index in [0.29, 0.717) is 6.16 Å². The number of hydrogen-bond donors (Lipinski definition) is 1. The number of carboxylic acid groups (broad SMARTS) is 1. The molecule has 0 radical (unpaired) electrons. The topological polar surface area (TPSA) is 37.3 Å². The largest absolute Gasteiger partial charge is 0.480 e. The normalized spacial score (nSPS) is 11.2. The maximum atomic E-state index is 11.8. The Balaban J connectivity index is 2.65. The smallest absolute Gasteiger partial charge is 0.318 e. The Morgan fingerprint density at radius 3 is 1.61 bits per heavy atom. The Hall–Kier alpha value is -1.66. The van der Waals surface area contributed by atoms with Gasteiger partial charge >= 0.3 is 5.97 Å². The Bertz CT molecular complexity index is 483. The average molecular weight is 258 g/mol. The van der Waals surface area contributed by atoms with Crippen LogP contribution in [0.25, 0.3) is 0 Å². The summed E-state index contributed by atoms with van der Waals surface area (Å²) >= 11 is 0. The van der Waals surface area contributed by atoms with Gasteiger partial charge in [-0.3, -0.25) is 4.79 Å². The maximum Gasteiger partial charge on any atom is 0.318 e. The quantitative estimate of drug-likeness (QED) is 0.856. The molecule has 0 aromatic heterocycles. The first-order valence-electron chi connectivity index (χ1n) is 5.76. The summed E-state index contributed by atoms with van der Waals surface area (Å²) in [6, 6.07) is 18.7. The van der Waals surface area contributed by atoms with Crippen LogP contribution in [0.15, 0.2) is 60.7 Å². The van der Waals surface area contributed by atoms with Gasteiger partial charge in [0.15, 0.2) is 0 Å². The highest BCUT2D eigenvalue weighted by Gasteiger charge is 2.40. The molecule has 0 spiro atoms. The fourth-order valence-electron chi connectivity index (χ4n) is 2.18. The molecule has 92 valence electrons. The van der Waals surface area contributed by atoms with E-state index >= 15 is 0 Å². The summed E-state index contributed by atoms with van der Waals surface area (Å²) in [5.41, 5.74) is 0.616. The van der Waals surface area contributed by atoms with E-state index in [0.717, 1.165) is 11.1 Å². The maximum absolute atomic E-state index is 11.8. The SMILES string of the molecule is O=C(O)C(CP)(c1ccccc1)c1ccccc1. The van der Waals surface area contributed by atoms with Crippen LogP contribution in [0.1, 0.15) is 11.1 Å². The molecule has 0 bridgehead atoms. The third-order valence-electron chi connectivity index (χ3n) is 3.20. The van der Waals surface area contributed by atoms with Gasteiger partial charge in [-0.25, -0.2) is 0 Å². The lowest BCUT2D eigenvalue weighted by Gasteiger charge is -2.29. The van der Waals surface area contributed by atoms with E-state index in [1.807, 2.05) is 60.7 Å². The van der Waals surface area contributed by atoms with Gasteiger partial charge in [-0.05, 0) is 17.3 Å². The first kappa shape index (κ1) is 12.8. The molecule has 1 N–H and O–H groups in total. The molecule has 2 rings (SSSR count). The van der Waals surface area contributed by atoms with Crippen molar-refractivity contribution in [2.24, 2.45) is 0 Å². The average Bonchev–Trinajstić information content (AvgIpc) is 2.42. The first-order valence-corrected chi connectivity index (χ1v) is 6.58. The monoisotopic (exact) mass is 258 g/mol. The molecule has 0 fully saturated rings. The van der Waals surface area contributed by atoms with Crippen LogP contribution in [0.5, 0.6) is 0 Å². The standard InChI is InChI=1S/C15H15O2P/c16-14(17)15(11-18,12-7-3-1-4-8-12)13-9-5-2-6-10-13/h1-10H,11,18H2,(H,16,17). The van der Waals surface area contributed by atoms with Gasteiger partial charge in [-0.15, -0.1) is 9.24 Å². The highest BCUT2D eigenvalue weighted by Crippen LogP contribution is 2.34. The molecular weight excluding hydrogens is 243 g/mol. The van der Waals surface area contributed by atoms with Crippen molar-refractivity contribution in [3.63, 3.8) is 0 Å². The second kappa shape index (κ2) is 5.32. The summed E-state index contributed by atoms with van der Waals surface area (Å²) in [5, 5.41) is 9.72. The molecule has 0 heterocycles.